The largest absolute Gasteiger partial charge is 0.324 e. The molecule has 1 aromatic heterocycles. The maximum absolute atomic E-state index is 13.6. The molecular weight excluding hydrogens is 506 g/mol. The van der Waals surface area contributed by atoms with Crippen LogP contribution in [0.25, 0.3) is 10.2 Å². The van der Waals surface area contributed by atoms with Crippen molar-refractivity contribution in [1.29, 1.82) is 0 Å². The van der Waals surface area contributed by atoms with Crippen LogP contribution in [0.3, 0.4) is 0 Å². The van der Waals surface area contributed by atoms with Crippen molar-refractivity contribution >= 4 is 60.5 Å². The second-order valence-corrected chi connectivity index (χ2v) is 11.4. The van der Waals surface area contributed by atoms with Crippen LogP contribution in [0.15, 0.2) is 70.4 Å². The lowest BCUT2D eigenvalue weighted by atomic mass is 10.2. The van der Waals surface area contributed by atoms with Crippen molar-refractivity contribution in [3.8, 4) is 0 Å². The molecule has 182 valence electrons. The predicted octanol–water partition coefficient (Wildman–Crippen LogP) is 5.19. The highest BCUT2D eigenvalue weighted by atomic mass is 35.5. The van der Waals surface area contributed by atoms with Gasteiger partial charge in [-0.2, -0.15) is 0 Å². The minimum absolute atomic E-state index is 0.0715. The number of rotatable bonds is 7. The first-order valence-corrected chi connectivity index (χ1v) is 13.5. The van der Waals surface area contributed by atoms with Gasteiger partial charge >= 0.3 is 4.87 Å². The minimum atomic E-state index is -4.07. The van der Waals surface area contributed by atoms with Crippen LogP contribution in [0, 0.1) is 13.8 Å². The zero-order valence-electron chi connectivity index (χ0n) is 19.4. The first-order valence-electron chi connectivity index (χ1n) is 10.9. The van der Waals surface area contributed by atoms with Crippen molar-refractivity contribution < 1.29 is 13.2 Å². The summed E-state index contributed by atoms with van der Waals surface area (Å²) in [5.41, 5.74) is 3.16. The fourth-order valence-electron chi connectivity index (χ4n) is 3.76. The predicted molar refractivity (Wildman–Crippen MR) is 142 cm³/mol. The Labute approximate surface area is 212 Å². The normalized spacial score (nSPS) is 11.5. The summed E-state index contributed by atoms with van der Waals surface area (Å²) >= 11 is 7.27. The van der Waals surface area contributed by atoms with E-state index in [0.29, 0.717) is 28.5 Å². The second kappa shape index (κ2) is 9.85. The van der Waals surface area contributed by atoms with Crippen LogP contribution in [0.5, 0.6) is 0 Å². The van der Waals surface area contributed by atoms with E-state index in [4.69, 9.17) is 11.6 Å². The Morgan fingerprint density at radius 3 is 2.46 bits per heavy atom. The molecule has 1 N–H and O–H groups in total. The SMILES string of the molecule is CCn1c(=O)sc2cc(NC(=O)CN(c3cc(Cl)ccc3C)S(=O)(=O)c3ccc(C)cc3)ccc21. The summed E-state index contributed by atoms with van der Waals surface area (Å²) in [6.45, 7) is 5.61. The van der Waals surface area contributed by atoms with Gasteiger partial charge in [0, 0.05) is 17.3 Å². The zero-order valence-corrected chi connectivity index (χ0v) is 21.8. The van der Waals surface area contributed by atoms with Gasteiger partial charge in [-0.1, -0.05) is 46.7 Å². The Morgan fingerprint density at radius 1 is 1.06 bits per heavy atom. The number of carbonyl (C=O) groups is 1. The van der Waals surface area contributed by atoms with Crippen LogP contribution in [0.2, 0.25) is 5.02 Å². The number of aryl methyl sites for hydroxylation is 3. The summed E-state index contributed by atoms with van der Waals surface area (Å²) in [5, 5.41) is 3.12. The van der Waals surface area contributed by atoms with E-state index in [9.17, 15) is 18.0 Å². The van der Waals surface area contributed by atoms with Gasteiger partial charge < -0.3 is 5.32 Å². The summed E-state index contributed by atoms with van der Waals surface area (Å²) in [6, 6.07) is 16.5. The minimum Gasteiger partial charge on any atom is -0.324 e. The number of sulfonamides is 1. The number of aromatic nitrogens is 1. The van der Waals surface area contributed by atoms with E-state index in [1.54, 1.807) is 54.0 Å². The van der Waals surface area contributed by atoms with Gasteiger partial charge in [-0.25, -0.2) is 8.42 Å². The molecule has 3 aromatic carbocycles. The third-order valence-electron chi connectivity index (χ3n) is 5.60. The maximum Gasteiger partial charge on any atom is 0.308 e. The first-order chi connectivity index (χ1) is 16.6. The molecule has 0 saturated heterocycles. The summed E-state index contributed by atoms with van der Waals surface area (Å²) in [6.07, 6.45) is 0. The van der Waals surface area contributed by atoms with Gasteiger partial charge in [-0.05, 0) is 68.8 Å². The molecule has 4 rings (SSSR count). The van der Waals surface area contributed by atoms with Crippen LogP contribution in [-0.4, -0.2) is 25.4 Å². The lowest BCUT2D eigenvalue weighted by molar-refractivity contribution is -0.114. The number of anilines is 2. The molecule has 0 atom stereocenters. The standard InChI is InChI=1S/C25H24ClN3O4S2/c1-4-28-21-12-9-19(14-23(21)34-25(28)31)27-24(30)15-29(22-13-18(26)8-7-17(22)3)35(32,33)20-10-5-16(2)6-11-20/h5-14H,4,15H2,1-3H3,(H,27,30). The molecule has 4 aromatic rings. The van der Waals surface area contributed by atoms with Crippen LogP contribution in [-0.2, 0) is 21.4 Å². The lowest BCUT2D eigenvalue weighted by Crippen LogP contribution is -2.38. The van der Waals surface area contributed by atoms with Gasteiger partial charge in [0.2, 0.25) is 5.91 Å². The lowest BCUT2D eigenvalue weighted by Gasteiger charge is -2.26. The third kappa shape index (κ3) is 5.12. The van der Waals surface area contributed by atoms with E-state index in [1.165, 1.54) is 18.2 Å². The van der Waals surface area contributed by atoms with E-state index >= 15 is 0 Å². The van der Waals surface area contributed by atoms with Gasteiger partial charge in [0.1, 0.15) is 6.54 Å². The highest BCUT2D eigenvalue weighted by Gasteiger charge is 2.28. The molecule has 0 radical (unpaired) electrons. The fraction of sp³-hybridized carbons (Fsp3) is 0.200. The number of fused-ring (bicyclic) bond motifs is 1. The summed E-state index contributed by atoms with van der Waals surface area (Å²) < 4.78 is 30.7. The maximum atomic E-state index is 13.6. The number of carbonyl (C=O) groups excluding carboxylic acids is 1. The highest BCUT2D eigenvalue weighted by molar-refractivity contribution is 7.92. The molecule has 0 unspecified atom stereocenters. The van der Waals surface area contributed by atoms with E-state index < -0.39 is 22.5 Å². The van der Waals surface area contributed by atoms with Crippen molar-refractivity contribution in [2.24, 2.45) is 0 Å². The number of hydrogen-bond acceptors (Lipinski definition) is 5. The van der Waals surface area contributed by atoms with Gasteiger partial charge in [0.05, 0.1) is 20.8 Å². The van der Waals surface area contributed by atoms with E-state index in [2.05, 4.69) is 5.32 Å². The second-order valence-electron chi connectivity index (χ2n) is 8.10. The monoisotopic (exact) mass is 529 g/mol. The topological polar surface area (TPSA) is 88.5 Å². The molecule has 0 aliphatic rings. The quantitative estimate of drug-likeness (QED) is 0.357. The summed E-state index contributed by atoms with van der Waals surface area (Å²) in [5.74, 6) is -0.526. The number of amides is 1. The van der Waals surface area contributed by atoms with E-state index in [1.807, 2.05) is 13.8 Å². The van der Waals surface area contributed by atoms with Crippen molar-refractivity contribution in [2.45, 2.75) is 32.2 Å². The molecule has 1 heterocycles. The fourth-order valence-corrected chi connectivity index (χ4v) is 6.40. The molecule has 0 aliphatic heterocycles. The molecule has 10 heteroatoms. The Hall–Kier alpha value is -3.14. The summed E-state index contributed by atoms with van der Waals surface area (Å²) in [4.78, 5) is 25.2. The van der Waals surface area contributed by atoms with Crippen LogP contribution in [0.1, 0.15) is 18.1 Å². The number of thiazole rings is 1. The van der Waals surface area contributed by atoms with Crippen molar-refractivity contribution in [3.63, 3.8) is 0 Å². The molecule has 0 spiro atoms. The van der Waals surface area contributed by atoms with Crippen molar-refractivity contribution in [3.05, 3.63) is 86.5 Å². The average Bonchev–Trinajstić information content (AvgIpc) is 3.13. The molecule has 35 heavy (non-hydrogen) atoms. The van der Waals surface area contributed by atoms with Crippen LogP contribution in [0.4, 0.5) is 11.4 Å². The Morgan fingerprint density at radius 2 is 1.77 bits per heavy atom. The Balaban J connectivity index is 1.68. The van der Waals surface area contributed by atoms with Crippen LogP contribution < -0.4 is 14.5 Å². The van der Waals surface area contributed by atoms with Gasteiger partial charge in [-0.3, -0.25) is 18.5 Å². The number of benzene rings is 3. The Bertz CT molecular complexity index is 1570. The smallest absolute Gasteiger partial charge is 0.308 e. The molecule has 1 amide bonds. The molecule has 7 nitrogen and oxygen atoms in total. The van der Waals surface area contributed by atoms with E-state index in [0.717, 1.165) is 31.4 Å². The number of nitrogens with one attached hydrogen (secondary N) is 1. The van der Waals surface area contributed by atoms with Gasteiger partial charge in [0.15, 0.2) is 0 Å². The van der Waals surface area contributed by atoms with Crippen molar-refractivity contribution in [1.82, 2.24) is 4.57 Å². The molecule has 0 bridgehead atoms. The molecular formula is C25H24ClN3O4S2. The van der Waals surface area contributed by atoms with Crippen molar-refractivity contribution in [2.75, 3.05) is 16.2 Å². The van der Waals surface area contributed by atoms with Gasteiger partial charge in [-0.15, -0.1) is 0 Å². The zero-order chi connectivity index (χ0) is 25.3. The highest BCUT2D eigenvalue weighted by Crippen LogP contribution is 2.30. The van der Waals surface area contributed by atoms with Gasteiger partial charge in [0.25, 0.3) is 10.0 Å². The number of hydrogen-bond donors (Lipinski definition) is 1. The molecule has 0 aliphatic carbocycles. The Kier molecular flexibility index (Phi) is 7.02. The molecule has 0 saturated carbocycles. The average molecular weight is 530 g/mol. The molecule has 0 fully saturated rings. The summed E-state index contributed by atoms with van der Waals surface area (Å²) in [7, 11) is -4.07. The first kappa shape index (κ1) is 25.0. The van der Waals surface area contributed by atoms with Crippen LogP contribution >= 0.6 is 22.9 Å². The third-order valence-corrected chi connectivity index (χ3v) is 8.56. The number of nitrogens with zero attached hydrogens (tertiary/aromatic N) is 2. The van der Waals surface area contributed by atoms with E-state index in [-0.39, 0.29) is 9.77 Å². The number of halogens is 1.